The number of anilines is 1. The van der Waals surface area contributed by atoms with E-state index in [4.69, 9.17) is 4.74 Å². The fourth-order valence-corrected chi connectivity index (χ4v) is 3.00. The van der Waals surface area contributed by atoms with Crippen LogP contribution in [0.1, 0.15) is 5.56 Å². The molecule has 0 spiro atoms. The first kappa shape index (κ1) is 13.7. The second-order valence-electron chi connectivity index (χ2n) is 4.54. The summed E-state index contributed by atoms with van der Waals surface area (Å²) in [4.78, 5) is 14.2. The van der Waals surface area contributed by atoms with E-state index in [1.807, 2.05) is 0 Å². The Balaban J connectivity index is 1.82. The van der Waals surface area contributed by atoms with E-state index in [-0.39, 0.29) is 24.0 Å². The third kappa shape index (κ3) is 2.91. The molecule has 8 heteroatoms. The molecule has 0 bridgehead atoms. The normalized spacial score (nSPS) is 14.2. The van der Waals surface area contributed by atoms with E-state index in [1.165, 1.54) is 18.2 Å². The van der Waals surface area contributed by atoms with Gasteiger partial charge in [-0.05, 0) is 29.8 Å². The number of carbonyl (C=O) groups is 1. The molecule has 2 aromatic rings. The van der Waals surface area contributed by atoms with Gasteiger partial charge in [0.15, 0.2) is 6.61 Å². The van der Waals surface area contributed by atoms with Crippen LogP contribution in [0.25, 0.3) is 0 Å². The molecule has 1 aromatic heterocycles. The van der Waals surface area contributed by atoms with Crippen molar-refractivity contribution < 1.29 is 17.9 Å². The van der Waals surface area contributed by atoms with Gasteiger partial charge < -0.3 is 15.0 Å². The van der Waals surface area contributed by atoms with Gasteiger partial charge >= 0.3 is 0 Å². The van der Waals surface area contributed by atoms with Gasteiger partial charge in [-0.1, -0.05) is 0 Å². The van der Waals surface area contributed by atoms with Crippen LogP contribution < -0.4 is 14.8 Å². The Morgan fingerprint density at radius 3 is 2.90 bits per heavy atom. The summed E-state index contributed by atoms with van der Waals surface area (Å²) in [5, 5.41) is 2.58. The summed E-state index contributed by atoms with van der Waals surface area (Å²) in [6, 6.07) is 6.13. The van der Waals surface area contributed by atoms with Gasteiger partial charge in [0.05, 0.1) is 10.6 Å². The van der Waals surface area contributed by atoms with Crippen LogP contribution in [0, 0.1) is 0 Å². The number of rotatable bonds is 4. The van der Waals surface area contributed by atoms with Crippen molar-refractivity contribution in [3.63, 3.8) is 0 Å². The van der Waals surface area contributed by atoms with Crippen LogP contribution in [0.15, 0.2) is 41.6 Å². The second kappa shape index (κ2) is 5.23. The molecule has 1 amide bonds. The van der Waals surface area contributed by atoms with E-state index in [2.05, 4.69) is 15.0 Å². The third-order valence-corrected chi connectivity index (χ3v) is 4.42. The average Bonchev–Trinajstić information content (AvgIpc) is 2.98. The molecule has 3 N–H and O–H groups in total. The van der Waals surface area contributed by atoms with Crippen molar-refractivity contribution >= 4 is 21.6 Å². The van der Waals surface area contributed by atoms with Crippen molar-refractivity contribution in [3.8, 4) is 5.75 Å². The number of nitrogens with one attached hydrogen (secondary N) is 3. The van der Waals surface area contributed by atoms with Crippen LogP contribution in [-0.2, 0) is 21.4 Å². The SMILES string of the molecule is O=C1COc2ccc(S(=O)(=O)NCc3cc[nH]c3)cc2N1. The fraction of sp³-hybridized carbons (Fsp3) is 0.154. The summed E-state index contributed by atoms with van der Waals surface area (Å²) < 4.78 is 32.1. The summed E-state index contributed by atoms with van der Waals surface area (Å²) >= 11 is 0. The number of aromatic nitrogens is 1. The van der Waals surface area contributed by atoms with Crippen molar-refractivity contribution in [3.05, 3.63) is 42.2 Å². The predicted molar refractivity (Wildman–Crippen MR) is 75.4 cm³/mol. The number of hydrogen-bond donors (Lipinski definition) is 3. The van der Waals surface area contributed by atoms with E-state index in [9.17, 15) is 13.2 Å². The van der Waals surface area contributed by atoms with E-state index < -0.39 is 10.0 Å². The van der Waals surface area contributed by atoms with Crippen LogP contribution in [0.3, 0.4) is 0 Å². The van der Waals surface area contributed by atoms with Crippen LogP contribution in [0.5, 0.6) is 5.75 Å². The predicted octanol–water partition coefficient (Wildman–Crippen LogP) is 0.824. The van der Waals surface area contributed by atoms with Crippen LogP contribution in [0.4, 0.5) is 5.69 Å². The smallest absolute Gasteiger partial charge is 0.262 e. The Bertz CT molecular complexity index is 769. The molecule has 7 nitrogen and oxygen atoms in total. The number of benzene rings is 1. The van der Waals surface area contributed by atoms with Crippen LogP contribution >= 0.6 is 0 Å². The molecule has 110 valence electrons. The summed E-state index contributed by atoms with van der Waals surface area (Å²) in [7, 11) is -3.66. The monoisotopic (exact) mass is 307 g/mol. The highest BCUT2D eigenvalue weighted by Crippen LogP contribution is 2.29. The summed E-state index contributed by atoms with van der Waals surface area (Å²) in [6.07, 6.45) is 3.43. The third-order valence-electron chi connectivity index (χ3n) is 3.02. The van der Waals surface area contributed by atoms with Crippen molar-refractivity contribution in [2.45, 2.75) is 11.4 Å². The number of carbonyl (C=O) groups excluding carboxylic acids is 1. The number of H-pyrrole nitrogens is 1. The van der Waals surface area contributed by atoms with Crippen LogP contribution in [-0.4, -0.2) is 25.9 Å². The Morgan fingerprint density at radius 2 is 2.14 bits per heavy atom. The van der Waals surface area contributed by atoms with E-state index >= 15 is 0 Å². The molecule has 0 atom stereocenters. The Morgan fingerprint density at radius 1 is 1.29 bits per heavy atom. The zero-order valence-corrected chi connectivity index (χ0v) is 11.7. The zero-order chi connectivity index (χ0) is 14.9. The van der Waals surface area contributed by atoms with Crippen LogP contribution in [0.2, 0.25) is 0 Å². The largest absolute Gasteiger partial charge is 0.482 e. The Labute approximate surface area is 121 Å². The number of aromatic amines is 1. The maximum atomic E-state index is 12.2. The first-order valence-electron chi connectivity index (χ1n) is 6.23. The molecule has 1 aliphatic rings. The molecule has 1 aliphatic heterocycles. The molecular weight excluding hydrogens is 294 g/mol. The molecule has 2 heterocycles. The highest BCUT2D eigenvalue weighted by Gasteiger charge is 2.20. The molecular formula is C13H13N3O4S. The minimum atomic E-state index is -3.66. The maximum absolute atomic E-state index is 12.2. The van der Waals surface area contributed by atoms with Gasteiger partial charge in [-0.2, -0.15) is 0 Å². The summed E-state index contributed by atoms with van der Waals surface area (Å²) in [6.45, 7) is 0.122. The van der Waals surface area contributed by atoms with E-state index in [0.29, 0.717) is 11.4 Å². The van der Waals surface area contributed by atoms with Gasteiger partial charge in [0.1, 0.15) is 5.75 Å². The molecule has 0 fully saturated rings. The molecule has 3 rings (SSSR count). The molecule has 0 saturated carbocycles. The van der Waals surface area contributed by atoms with Gasteiger partial charge in [0, 0.05) is 18.9 Å². The van der Waals surface area contributed by atoms with E-state index in [0.717, 1.165) is 5.56 Å². The fourth-order valence-electron chi connectivity index (χ4n) is 1.96. The van der Waals surface area contributed by atoms with Gasteiger partial charge in [-0.25, -0.2) is 13.1 Å². The minimum Gasteiger partial charge on any atom is -0.482 e. The molecule has 0 aliphatic carbocycles. The summed E-state index contributed by atoms with van der Waals surface area (Å²) in [5.41, 5.74) is 1.18. The second-order valence-corrected chi connectivity index (χ2v) is 6.31. The van der Waals surface area contributed by atoms with Crippen molar-refractivity contribution in [2.24, 2.45) is 0 Å². The lowest BCUT2D eigenvalue weighted by molar-refractivity contribution is -0.118. The Hall–Kier alpha value is -2.32. The number of hydrogen-bond acceptors (Lipinski definition) is 4. The lowest BCUT2D eigenvalue weighted by atomic mass is 10.2. The standard InChI is InChI=1S/C13H13N3O4S/c17-13-8-20-12-2-1-10(5-11(12)16-13)21(18,19)15-7-9-3-4-14-6-9/h1-6,14-15H,7-8H2,(H,16,17). The van der Waals surface area contributed by atoms with Gasteiger partial charge in [-0.15, -0.1) is 0 Å². The lowest BCUT2D eigenvalue weighted by Crippen LogP contribution is -2.27. The zero-order valence-electron chi connectivity index (χ0n) is 10.9. The molecule has 1 aromatic carbocycles. The molecule has 0 unspecified atom stereocenters. The number of fused-ring (bicyclic) bond motifs is 1. The van der Waals surface area contributed by atoms with Gasteiger partial charge in [0.25, 0.3) is 5.91 Å². The maximum Gasteiger partial charge on any atom is 0.262 e. The minimum absolute atomic E-state index is 0.0646. The lowest BCUT2D eigenvalue weighted by Gasteiger charge is -2.18. The number of amides is 1. The first-order chi connectivity index (χ1) is 10.0. The van der Waals surface area contributed by atoms with Crippen molar-refractivity contribution in [1.29, 1.82) is 0 Å². The van der Waals surface area contributed by atoms with Crippen molar-refractivity contribution in [1.82, 2.24) is 9.71 Å². The number of sulfonamides is 1. The molecule has 21 heavy (non-hydrogen) atoms. The molecule has 0 radical (unpaired) electrons. The van der Waals surface area contributed by atoms with E-state index in [1.54, 1.807) is 18.5 Å². The highest BCUT2D eigenvalue weighted by molar-refractivity contribution is 7.89. The van der Waals surface area contributed by atoms with Gasteiger partial charge in [-0.3, -0.25) is 4.79 Å². The topological polar surface area (TPSA) is 100 Å². The van der Waals surface area contributed by atoms with Gasteiger partial charge in [0.2, 0.25) is 10.0 Å². The highest BCUT2D eigenvalue weighted by atomic mass is 32.2. The first-order valence-corrected chi connectivity index (χ1v) is 7.71. The number of ether oxygens (including phenoxy) is 1. The van der Waals surface area contributed by atoms with Crippen molar-refractivity contribution in [2.75, 3.05) is 11.9 Å². The Kier molecular flexibility index (Phi) is 3.40. The quantitative estimate of drug-likeness (QED) is 0.778. The average molecular weight is 307 g/mol. The molecule has 0 saturated heterocycles. The summed E-state index contributed by atoms with van der Waals surface area (Å²) in [5.74, 6) is 0.150.